The first kappa shape index (κ1) is 13.8. The Bertz CT molecular complexity index is 571. The lowest BCUT2D eigenvalue weighted by Gasteiger charge is -2.14. The summed E-state index contributed by atoms with van der Waals surface area (Å²) in [5.74, 6) is -0.774. The van der Waals surface area contributed by atoms with Gasteiger partial charge in [-0.05, 0) is 37.1 Å². The van der Waals surface area contributed by atoms with E-state index in [1.165, 1.54) is 12.1 Å². The minimum atomic E-state index is -0.454. The molecular formula is C14H12BrFN2O. The van der Waals surface area contributed by atoms with Gasteiger partial charge in [0.25, 0.3) is 5.91 Å². The van der Waals surface area contributed by atoms with Crippen molar-refractivity contribution in [3.8, 4) is 6.07 Å². The number of nitriles is 1. The molecule has 0 aliphatic carbocycles. The van der Waals surface area contributed by atoms with Gasteiger partial charge in [-0.3, -0.25) is 4.79 Å². The second kappa shape index (κ2) is 5.98. The standard InChI is InChI=1S/C14H12BrFN2O/c15-12-3-4-13(16)10(8-12)7-11(9-17)14(19)18-5-1-2-6-18/h3-4,7-8H,1-2,5-6H2/b11-7+. The fraction of sp³-hybridized carbons (Fsp3) is 0.286. The molecule has 0 aromatic heterocycles. The molecule has 0 radical (unpaired) electrons. The Labute approximate surface area is 119 Å². The van der Waals surface area contributed by atoms with Crippen LogP contribution in [0.5, 0.6) is 0 Å². The molecule has 0 unspecified atom stereocenters. The van der Waals surface area contributed by atoms with Crippen LogP contribution in [0.4, 0.5) is 4.39 Å². The first-order chi connectivity index (χ1) is 9.11. The Morgan fingerprint density at radius 2 is 2.11 bits per heavy atom. The Balaban J connectivity index is 2.30. The van der Waals surface area contributed by atoms with Crippen LogP contribution < -0.4 is 0 Å². The lowest BCUT2D eigenvalue weighted by atomic mass is 10.1. The first-order valence-electron chi connectivity index (χ1n) is 5.98. The van der Waals surface area contributed by atoms with E-state index < -0.39 is 5.82 Å². The minimum Gasteiger partial charge on any atom is -0.338 e. The first-order valence-corrected chi connectivity index (χ1v) is 6.77. The summed E-state index contributed by atoms with van der Waals surface area (Å²) in [5.41, 5.74) is 0.206. The molecule has 19 heavy (non-hydrogen) atoms. The van der Waals surface area contributed by atoms with Gasteiger partial charge in [0.1, 0.15) is 17.5 Å². The monoisotopic (exact) mass is 322 g/mol. The van der Waals surface area contributed by atoms with E-state index in [1.807, 2.05) is 6.07 Å². The maximum absolute atomic E-state index is 13.6. The molecule has 1 aliphatic heterocycles. The molecule has 0 saturated carbocycles. The number of likely N-dealkylation sites (tertiary alicyclic amines) is 1. The van der Waals surface area contributed by atoms with Crippen LogP contribution in [0, 0.1) is 17.1 Å². The fourth-order valence-corrected chi connectivity index (χ4v) is 2.39. The van der Waals surface area contributed by atoms with Crippen molar-refractivity contribution in [2.24, 2.45) is 0 Å². The van der Waals surface area contributed by atoms with E-state index in [2.05, 4.69) is 15.9 Å². The highest BCUT2D eigenvalue weighted by Gasteiger charge is 2.21. The average molecular weight is 323 g/mol. The van der Waals surface area contributed by atoms with Crippen molar-refractivity contribution >= 4 is 27.9 Å². The van der Waals surface area contributed by atoms with Crippen LogP contribution >= 0.6 is 15.9 Å². The van der Waals surface area contributed by atoms with Crippen molar-refractivity contribution in [1.29, 1.82) is 5.26 Å². The molecule has 0 atom stereocenters. The summed E-state index contributed by atoms with van der Waals surface area (Å²) in [6.07, 6.45) is 3.21. The van der Waals surface area contributed by atoms with Gasteiger partial charge in [0, 0.05) is 23.1 Å². The SMILES string of the molecule is N#C/C(=C\c1cc(Br)ccc1F)C(=O)N1CCCC1. The van der Waals surface area contributed by atoms with Crippen molar-refractivity contribution in [1.82, 2.24) is 4.90 Å². The fourth-order valence-electron chi connectivity index (χ4n) is 2.01. The third-order valence-corrected chi connectivity index (χ3v) is 3.50. The van der Waals surface area contributed by atoms with Gasteiger partial charge in [-0.15, -0.1) is 0 Å². The summed E-state index contributed by atoms with van der Waals surface area (Å²) in [7, 11) is 0. The van der Waals surface area contributed by atoms with Crippen molar-refractivity contribution in [3.63, 3.8) is 0 Å². The molecule has 0 spiro atoms. The summed E-state index contributed by atoms with van der Waals surface area (Å²) in [5, 5.41) is 9.08. The molecule has 1 fully saturated rings. The highest BCUT2D eigenvalue weighted by molar-refractivity contribution is 9.10. The second-order valence-corrected chi connectivity index (χ2v) is 5.25. The van der Waals surface area contributed by atoms with Crippen molar-refractivity contribution < 1.29 is 9.18 Å². The minimum absolute atomic E-state index is 0.0288. The highest BCUT2D eigenvalue weighted by atomic mass is 79.9. The van der Waals surface area contributed by atoms with Crippen LogP contribution in [0.3, 0.4) is 0 Å². The Hall–Kier alpha value is -1.67. The molecule has 2 rings (SSSR count). The number of halogens is 2. The van der Waals surface area contributed by atoms with Gasteiger partial charge in [-0.25, -0.2) is 4.39 Å². The quantitative estimate of drug-likeness (QED) is 0.620. The van der Waals surface area contributed by atoms with Crippen LogP contribution in [0.15, 0.2) is 28.2 Å². The molecule has 1 amide bonds. The smallest absolute Gasteiger partial charge is 0.264 e. The van der Waals surface area contributed by atoms with E-state index in [1.54, 1.807) is 17.0 Å². The number of carbonyl (C=O) groups is 1. The summed E-state index contributed by atoms with van der Waals surface area (Å²) in [4.78, 5) is 13.7. The summed E-state index contributed by atoms with van der Waals surface area (Å²) >= 11 is 3.24. The zero-order valence-electron chi connectivity index (χ0n) is 10.2. The number of benzene rings is 1. The van der Waals surface area contributed by atoms with Crippen LogP contribution in [0.1, 0.15) is 18.4 Å². The largest absolute Gasteiger partial charge is 0.338 e. The van der Waals surface area contributed by atoms with E-state index in [0.717, 1.165) is 12.8 Å². The molecule has 1 aromatic carbocycles. The van der Waals surface area contributed by atoms with E-state index in [0.29, 0.717) is 17.6 Å². The lowest BCUT2D eigenvalue weighted by molar-refractivity contribution is -0.125. The number of amides is 1. The van der Waals surface area contributed by atoms with Gasteiger partial charge in [0.05, 0.1) is 0 Å². The van der Waals surface area contributed by atoms with Gasteiger partial charge in [0.2, 0.25) is 0 Å². The van der Waals surface area contributed by atoms with Gasteiger partial charge >= 0.3 is 0 Å². The Morgan fingerprint density at radius 1 is 1.42 bits per heavy atom. The van der Waals surface area contributed by atoms with E-state index in [9.17, 15) is 9.18 Å². The van der Waals surface area contributed by atoms with Gasteiger partial charge in [0.15, 0.2) is 0 Å². The van der Waals surface area contributed by atoms with Crippen LogP contribution in [0.2, 0.25) is 0 Å². The van der Waals surface area contributed by atoms with Crippen LogP contribution in [-0.2, 0) is 4.79 Å². The molecule has 98 valence electrons. The Morgan fingerprint density at radius 3 is 2.74 bits per heavy atom. The zero-order chi connectivity index (χ0) is 13.8. The number of rotatable bonds is 2. The van der Waals surface area contributed by atoms with Crippen molar-refractivity contribution in [2.45, 2.75) is 12.8 Å². The molecule has 3 nitrogen and oxygen atoms in total. The second-order valence-electron chi connectivity index (χ2n) is 4.33. The maximum Gasteiger partial charge on any atom is 0.264 e. The number of nitrogens with zero attached hydrogens (tertiary/aromatic N) is 2. The van der Waals surface area contributed by atoms with Gasteiger partial charge in [-0.1, -0.05) is 15.9 Å². The molecule has 1 saturated heterocycles. The summed E-state index contributed by atoms with van der Waals surface area (Å²) < 4.78 is 14.3. The van der Waals surface area contributed by atoms with E-state index >= 15 is 0 Å². The van der Waals surface area contributed by atoms with Crippen molar-refractivity contribution in [3.05, 3.63) is 39.6 Å². The predicted molar refractivity (Wildman–Crippen MR) is 73.5 cm³/mol. The van der Waals surface area contributed by atoms with Crippen LogP contribution in [0.25, 0.3) is 6.08 Å². The zero-order valence-corrected chi connectivity index (χ0v) is 11.8. The number of hydrogen-bond donors (Lipinski definition) is 0. The van der Waals surface area contributed by atoms with Crippen molar-refractivity contribution in [2.75, 3.05) is 13.1 Å². The van der Waals surface area contributed by atoms with Gasteiger partial charge < -0.3 is 4.90 Å². The molecule has 5 heteroatoms. The van der Waals surface area contributed by atoms with E-state index in [4.69, 9.17) is 5.26 Å². The molecule has 0 N–H and O–H groups in total. The molecule has 0 bridgehead atoms. The average Bonchev–Trinajstić information content (AvgIpc) is 2.93. The normalized spacial score (nSPS) is 15.4. The molecular weight excluding hydrogens is 311 g/mol. The molecule has 1 heterocycles. The Kier molecular flexibility index (Phi) is 4.33. The molecule has 1 aliphatic rings. The number of carbonyl (C=O) groups excluding carboxylic acids is 1. The highest BCUT2D eigenvalue weighted by Crippen LogP contribution is 2.19. The lowest BCUT2D eigenvalue weighted by Crippen LogP contribution is -2.28. The third kappa shape index (κ3) is 3.21. The third-order valence-electron chi connectivity index (χ3n) is 3.00. The number of hydrogen-bond acceptors (Lipinski definition) is 2. The van der Waals surface area contributed by atoms with Crippen LogP contribution in [-0.4, -0.2) is 23.9 Å². The maximum atomic E-state index is 13.6. The van der Waals surface area contributed by atoms with Gasteiger partial charge in [-0.2, -0.15) is 5.26 Å². The molecule has 1 aromatic rings. The van der Waals surface area contributed by atoms with E-state index in [-0.39, 0.29) is 17.0 Å². The summed E-state index contributed by atoms with van der Waals surface area (Å²) in [6.45, 7) is 1.33. The topological polar surface area (TPSA) is 44.1 Å². The summed E-state index contributed by atoms with van der Waals surface area (Å²) in [6, 6.07) is 6.27. The predicted octanol–water partition coefficient (Wildman–Crippen LogP) is 3.12.